The number of fused-ring (bicyclic) bond motifs is 1. The molecule has 0 aliphatic heterocycles. The highest BCUT2D eigenvalue weighted by Crippen LogP contribution is 2.43. The molecule has 0 bridgehead atoms. The van der Waals surface area contributed by atoms with E-state index in [2.05, 4.69) is 16.0 Å². The summed E-state index contributed by atoms with van der Waals surface area (Å²) in [5.41, 5.74) is 3.69. The number of aromatic amines is 1. The second-order valence-electron chi connectivity index (χ2n) is 4.81. The molecule has 2 aromatic rings. The van der Waals surface area contributed by atoms with E-state index in [-0.39, 0.29) is 0 Å². The highest BCUT2D eigenvalue weighted by molar-refractivity contribution is 5.54. The molecule has 1 aliphatic carbocycles. The maximum Gasteiger partial charge on any atom is 0.164 e. The Kier molecular flexibility index (Phi) is 3.15. The van der Waals surface area contributed by atoms with Gasteiger partial charge in [-0.15, -0.1) is 0 Å². The van der Waals surface area contributed by atoms with Crippen LogP contribution in [0.25, 0.3) is 0 Å². The lowest BCUT2D eigenvalue weighted by atomic mass is 9.80. The number of rotatable bonds is 3. The molecule has 0 amide bonds. The van der Waals surface area contributed by atoms with Crippen LogP contribution in [0.2, 0.25) is 0 Å². The Bertz CT molecular complexity index is 564. The van der Waals surface area contributed by atoms with E-state index in [0.717, 1.165) is 36.5 Å². The largest absolute Gasteiger partial charge is 0.493 e. The van der Waals surface area contributed by atoms with Crippen LogP contribution in [0.4, 0.5) is 0 Å². The zero-order valence-corrected chi connectivity index (χ0v) is 11.3. The molecule has 100 valence electrons. The minimum atomic E-state index is 0.356. The molecule has 3 rings (SSSR count). The van der Waals surface area contributed by atoms with Crippen LogP contribution in [-0.4, -0.2) is 24.2 Å². The van der Waals surface area contributed by atoms with E-state index in [4.69, 9.17) is 9.47 Å². The molecule has 1 unspecified atom stereocenters. The van der Waals surface area contributed by atoms with Gasteiger partial charge in [0.25, 0.3) is 0 Å². The molecule has 0 fully saturated rings. The second-order valence-corrected chi connectivity index (χ2v) is 4.81. The molecular weight excluding hydrogens is 240 g/mol. The zero-order valence-electron chi connectivity index (χ0n) is 11.3. The lowest BCUT2D eigenvalue weighted by Crippen LogP contribution is -2.13. The van der Waals surface area contributed by atoms with Crippen LogP contribution in [0, 0.1) is 0 Å². The Morgan fingerprint density at radius 2 is 2.16 bits per heavy atom. The lowest BCUT2D eigenvalue weighted by Gasteiger charge is -2.26. The van der Waals surface area contributed by atoms with E-state index < -0.39 is 0 Å². The fourth-order valence-corrected chi connectivity index (χ4v) is 3.00. The summed E-state index contributed by atoms with van der Waals surface area (Å²) in [6, 6.07) is 4.14. The van der Waals surface area contributed by atoms with Crippen molar-refractivity contribution in [3.63, 3.8) is 0 Å². The molecule has 1 atom stereocenters. The number of benzene rings is 1. The number of hydrogen-bond donors (Lipinski definition) is 1. The maximum atomic E-state index is 5.55. The Hall–Kier alpha value is -1.97. The Labute approximate surface area is 112 Å². The Morgan fingerprint density at radius 1 is 1.26 bits per heavy atom. The molecule has 0 saturated carbocycles. The minimum absolute atomic E-state index is 0.356. The molecule has 19 heavy (non-hydrogen) atoms. The Balaban J connectivity index is 2.11. The number of methoxy groups -OCH3 is 2. The van der Waals surface area contributed by atoms with Gasteiger partial charge in [-0.1, -0.05) is 6.07 Å². The molecule has 1 aromatic carbocycles. The van der Waals surface area contributed by atoms with Crippen molar-refractivity contribution < 1.29 is 9.47 Å². The first-order chi connectivity index (χ1) is 9.35. The highest BCUT2D eigenvalue weighted by Gasteiger charge is 2.27. The molecule has 1 N–H and O–H groups in total. The van der Waals surface area contributed by atoms with E-state index in [1.807, 2.05) is 12.3 Å². The van der Waals surface area contributed by atoms with Gasteiger partial charge in [0, 0.05) is 17.7 Å². The van der Waals surface area contributed by atoms with E-state index in [1.54, 1.807) is 20.5 Å². The highest BCUT2D eigenvalue weighted by atomic mass is 16.5. The molecule has 0 saturated heterocycles. The molecule has 0 spiro atoms. The monoisotopic (exact) mass is 258 g/mol. The average Bonchev–Trinajstić information content (AvgIpc) is 2.99. The molecule has 0 radical (unpaired) electrons. The summed E-state index contributed by atoms with van der Waals surface area (Å²) in [7, 11) is 3.38. The van der Waals surface area contributed by atoms with Crippen molar-refractivity contribution in [2.45, 2.75) is 25.2 Å². The van der Waals surface area contributed by atoms with Gasteiger partial charge >= 0.3 is 0 Å². The number of aromatic nitrogens is 2. The third-order valence-corrected chi connectivity index (χ3v) is 3.86. The SMILES string of the molecule is COc1ccc2c(c1OC)CCCC2c1c[nH]cn1. The fourth-order valence-electron chi connectivity index (χ4n) is 3.00. The normalized spacial score (nSPS) is 17.9. The number of ether oxygens (including phenoxy) is 2. The summed E-state index contributed by atoms with van der Waals surface area (Å²) in [5, 5.41) is 0. The number of nitrogens with zero attached hydrogens (tertiary/aromatic N) is 1. The van der Waals surface area contributed by atoms with Gasteiger partial charge in [-0.2, -0.15) is 0 Å². The summed E-state index contributed by atoms with van der Waals surface area (Å²) >= 11 is 0. The van der Waals surface area contributed by atoms with Crippen LogP contribution in [0.5, 0.6) is 11.5 Å². The number of hydrogen-bond acceptors (Lipinski definition) is 3. The van der Waals surface area contributed by atoms with E-state index in [1.165, 1.54) is 11.1 Å². The van der Waals surface area contributed by atoms with Crippen LogP contribution < -0.4 is 9.47 Å². The molecule has 4 heteroatoms. The van der Waals surface area contributed by atoms with Crippen LogP contribution in [0.3, 0.4) is 0 Å². The molecular formula is C15H18N2O2. The zero-order chi connectivity index (χ0) is 13.2. The van der Waals surface area contributed by atoms with Gasteiger partial charge in [0.15, 0.2) is 11.5 Å². The predicted octanol–water partition coefficient (Wildman–Crippen LogP) is 2.90. The van der Waals surface area contributed by atoms with Gasteiger partial charge in [-0.25, -0.2) is 4.98 Å². The lowest BCUT2D eigenvalue weighted by molar-refractivity contribution is 0.348. The topological polar surface area (TPSA) is 47.1 Å². The second kappa shape index (κ2) is 4.96. The summed E-state index contributed by atoms with van der Waals surface area (Å²) < 4.78 is 10.9. The fraction of sp³-hybridized carbons (Fsp3) is 0.400. The number of nitrogens with one attached hydrogen (secondary N) is 1. The first kappa shape index (κ1) is 12.1. The van der Waals surface area contributed by atoms with Crippen molar-refractivity contribution >= 4 is 0 Å². The molecule has 4 nitrogen and oxygen atoms in total. The summed E-state index contributed by atoms with van der Waals surface area (Å²) in [6.45, 7) is 0. The van der Waals surface area contributed by atoms with Crippen molar-refractivity contribution in [1.29, 1.82) is 0 Å². The van der Waals surface area contributed by atoms with Gasteiger partial charge in [-0.3, -0.25) is 0 Å². The van der Waals surface area contributed by atoms with Gasteiger partial charge in [0.05, 0.1) is 26.2 Å². The van der Waals surface area contributed by atoms with Crippen LogP contribution in [0.15, 0.2) is 24.7 Å². The quantitative estimate of drug-likeness (QED) is 0.920. The van der Waals surface area contributed by atoms with Crippen LogP contribution >= 0.6 is 0 Å². The maximum absolute atomic E-state index is 5.55. The van der Waals surface area contributed by atoms with Gasteiger partial charge in [0.1, 0.15) is 0 Å². The minimum Gasteiger partial charge on any atom is -0.493 e. The van der Waals surface area contributed by atoms with E-state index in [9.17, 15) is 0 Å². The third kappa shape index (κ3) is 1.97. The standard InChI is InChI=1S/C15H18N2O2/c1-18-14-7-6-10-11(13-8-16-9-17-13)4-3-5-12(10)15(14)19-2/h6-9,11H,3-5H2,1-2H3,(H,16,17). The van der Waals surface area contributed by atoms with Gasteiger partial charge in [-0.05, 0) is 30.9 Å². The number of imidazole rings is 1. The van der Waals surface area contributed by atoms with Gasteiger partial charge < -0.3 is 14.5 Å². The predicted molar refractivity (Wildman–Crippen MR) is 72.9 cm³/mol. The molecule has 1 aromatic heterocycles. The molecule has 1 aliphatic rings. The summed E-state index contributed by atoms with van der Waals surface area (Å²) in [5.74, 6) is 2.04. The van der Waals surface area contributed by atoms with Crippen molar-refractivity contribution in [3.05, 3.63) is 41.5 Å². The Morgan fingerprint density at radius 3 is 2.84 bits per heavy atom. The third-order valence-electron chi connectivity index (χ3n) is 3.86. The first-order valence-electron chi connectivity index (χ1n) is 6.57. The first-order valence-corrected chi connectivity index (χ1v) is 6.57. The van der Waals surface area contributed by atoms with Gasteiger partial charge in [0.2, 0.25) is 0 Å². The molecule has 1 heterocycles. The van der Waals surface area contributed by atoms with Crippen LogP contribution in [-0.2, 0) is 6.42 Å². The number of H-pyrrole nitrogens is 1. The summed E-state index contributed by atoms with van der Waals surface area (Å²) in [6.07, 6.45) is 7.04. The van der Waals surface area contributed by atoms with Crippen molar-refractivity contribution in [2.75, 3.05) is 14.2 Å². The average molecular weight is 258 g/mol. The van der Waals surface area contributed by atoms with Crippen molar-refractivity contribution in [1.82, 2.24) is 9.97 Å². The van der Waals surface area contributed by atoms with Crippen molar-refractivity contribution in [2.24, 2.45) is 0 Å². The summed E-state index contributed by atoms with van der Waals surface area (Å²) in [4.78, 5) is 7.45. The smallest absolute Gasteiger partial charge is 0.164 e. The van der Waals surface area contributed by atoms with Crippen molar-refractivity contribution in [3.8, 4) is 11.5 Å². The van der Waals surface area contributed by atoms with Crippen LogP contribution in [0.1, 0.15) is 35.6 Å². The van der Waals surface area contributed by atoms with E-state index >= 15 is 0 Å². The van der Waals surface area contributed by atoms with E-state index in [0.29, 0.717) is 5.92 Å².